The van der Waals surface area contributed by atoms with E-state index in [1.54, 1.807) is 18.3 Å². The Labute approximate surface area is 190 Å². The van der Waals surface area contributed by atoms with Gasteiger partial charge in [0.25, 0.3) is 10.0 Å². The zero-order valence-electron chi connectivity index (χ0n) is 17.2. The molecule has 0 saturated carbocycles. The van der Waals surface area contributed by atoms with Gasteiger partial charge < -0.3 is 4.90 Å². The number of rotatable bonds is 7. The molecule has 2 heterocycles. The number of sulfonamides is 1. The molecule has 1 aromatic heterocycles. The average molecular weight is 459 g/mol. The molecule has 6 nitrogen and oxygen atoms in total. The summed E-state index contributed by atoms with van der Waals surface area (Å²) in [6.45, 7) is 5.07. The van der Waals surface area contributed by atoms with Crippen molar-refractivity contribution in [2.45, 2.75) is 11.3 Å². The summed E-state index contributed by atoms with van der Waals surface area (Å²) in [5.41, 5.74) is 2.97. The van der Waals surface area contributed by atoms with Gasteiger partial charge in [0, 0.05) is 56.5 Å². The molecule has 4 rings (SSSR count). The number of pyridine rings is 1. The van der Waals surface area contributed by atoms with Crippen LogP contribution in [0.5, 0.6) is 0 Å². The van der Waals surface area contributed by atoms with Crippen molar-refractivity contribution in [1.29, 1.82) is 0 Å². The predicted octanol–water partition coefficient (Wildman–Crippen LogP) is 3.67. The lowest BCUT2D eigenvalue weighted by molar-refractivity contribution is 0.261. The first-order chi connectivity index (χ1) is 14.6. The molecule has 0 aliphatic carbocycles. The Morgan fingerprint density at radius 1 is 0.903 bits per heavy atom. The number of halogens is 1. The Balaban J connectivity index is 0.00000272. The fourth-order valence-corrected chi connectivity index (χ4v) is 4.68. The number of hydrogen-bond acceptors (Lipinski definition) is 5. The molecule has 1 N–H and O–H groups in total. The number of nitrogens with one attached hydrogen (secondary N) is 1. The van der Waals surface area contributed by atoms with Gasteiger partial charge in [-0.25, -0.2) is 8.42 Å². The Morgan fingerprint density at radius 3 is 2.39 bits per heavy atom. The Kier molecular flexibility index (Phi) is 7.90. The van der Waals surface area contributed by atoms with Crippen molar-refractivity contribution < 1.29 is 8.42 Å². The molecule has 0 spiro atoms. The fraction of sp³-hybridized carbons (Fsp3) is 0.261. The van der Waals surface area contributed by atoms with E-state index in [1.807, 2.05) is 24.3 Å². The van der Waals surface area contributed by atoms with E-state index in [9.17, 15) is 8.42 Å². The minimum absolute atomic E-state index is 0. The minimum Gasteiger partial charge on any atom is -0.369 e. The van der Waals surface area contributed by atoms with Crippen LogP contribution in [-0.4, -0.2) is 51.0 Å². The van der Waals surface area contributed by atoms with E-state index in [-0.39, 0.29) is 17.3 Å². The third-order valence-corrected chi connectivity index (χ3v) is 6.70. The summed E-state index contributed by atoms with van der Waals surface area (Å²) in [7, 11) is -3.63. The average Bonchev–Trinajstić information content (AvgIpc) is 2.79. The van der Waals surface area contributed by atoms with Crippen LogP contribution in [0.1, 0.15) is 5.56 Å². The molecule has 0 radical (unpaired) electrons. The van der Waals surface area contributed by atoms with Gasteiger partial charge in [-0.15, -0.1) is 12.4 Å². The van der Waals surface area contributed by atoms with Gasteiger partial charge in [0.2, 0.25) is 0 Å². The molecule has 0 amide bonds. The number of anilines is 2. The quantitative estimate of drug-likeness (QED) is 0.585. The van der Waals surface area contributed by atoms with E-state index in [2.05, 4.69) is 43.8 Å². The molecule has 8 heteroatoms. The highest BCUT2D eigenvalue weighted by Crippen LogP contribution is 2.18. The first-order valence-electron chi connectivity index (χ1n) is 10.1. The summed E-state index contributed by atoms with van der Waals surface area (Å²) in [5, 5.41) is 0. The number of benzene rings is 2. The predicted molar refractivity (Wildman–Crippen MR) is 128 cm³/mol. The number of piperazine rings is 1. The summed E-state index contributed by atoms with van der Waals surface area (Å²) in [4.78, 5) is 8.93. The minimum atomic E-state index is -3.63. The van der Waals surface area contributed by atoms with Crippen LogP contribution in [-0.2, 0) is 16.4 Å². The topological polar surface area (TPSA) is 65.5 Å². The molecule has 31 heavy (non-hydrogen) atoms. The molecule has 0 unspecified atom stereocenters. The van der Waals surface area contributed by atoms with E-state index in [0.717, 1.165) is 44.7 Å². The lowest BCUT2D eigenvalue weighted by Gasteiger charge is -2.36. The van der Waals surface area contributed by atoms with E-state index in [0.29, 0.717) is 5.69 Å². The van der Waals surface area contributed by atoms with E-state index >= 15 is 0 Å². The highest BCUT2D eigenvalue weighted by molar-refractivity contribution is 7.92. The van der Waals surface area contributed by atoms with Crippen molar-refractivity contribution in [2.24, 2.45) is 0 Å². The lowest BCUT2D eigenvalue weighted by atomic mass is 10.1. The Morgan fingerprint density at radius 2 is 1.68 bits per heavy atom. The Bertz CT molecular complexity index is 1060. The van der Waals surface area contributed by atoms with E-state index < -0.39 is 10.0 Å². The monoisotopic (exact) mass is 458 g/mol. The van der Waals surface area contributed by atoms with Crippen LogP contribution in [0.15, 0.2) is 84.0 Å². The van der Waals surface area contributed by atoms with Crippen LogP contribution < -0.4 is 9.62 Å². The molecule has 2 aromatic carbocycles. The van der Waals surface area contributed by atoms with Crippen molar-refractivity contribution in [3.8, 4) is 0 Å². The van der Waals surface area contributed by atoms with Gasteiger partial charge in [-0.05, 0) is 48.4 Å². The molecule has 3 aromatic rings. The zero-order valence-corrected chi connectivity index (χ0v) is 18.9. The first-order valence-corrected chi connectivity index (χ1v) is 11.6. The highest BCUT2D eigenvalue weighted by Gasteiger charge is 2.17. The second kappa shape index (κ2) is 10.6. The van der Waals surface area contributed by atoms with Crippen LogP contribution in [0, 0.1) is 0 Å². The Hall–Kier alpha value is -2.61. The fourth-order valence-electron chi connectivity index (χ4n) is 3.67. The molecule has 1 aliphatic rings. The molecule has 1 aliphatic heterocycles. The summed E-state index contributed by atoms with van der Waals surface area (Å²) in [5.74, 6) is 0. The van der Waals surface area contributed by atoms with Crippen LogP contribution in [0.3, 0.4) is 0 Å². The van der Waals surface area contributed by atoms with Crippen molar-refractivity contribution in [3.05, 3.63) is 84.7 Å². The second-order valence-corrected chi connectivity index (χ2v) is 9.09. The smallest absolute Gasteiger partial charge is 0.263 e. The first kappa shape index (κ1) is 23.1. The van der Waals surface area contributed by atoms with Crippen LogP contribution in [0.2, 0.25) is 0 Å². The normalized spacial score (nSPS) is 14.6. The van der Waals surface area contributed by atoms with Gasteiger partial charge in [0.05, 0.1) is 0 Å². The standard InChI is InChI=1S/C23H26N4O2S.ClH/c28-30(29,23-10-5-12-24-19-23)25-21-7-4-6-20(18-21)11-13-26-14-16-27(17-15-26)22-8-2-1-3-9-22;/h1-10,12,18-19,25H,11,13-17H2;1H. The lowest BCUT2D eigenvalue weighted by Crippen LogP contribution is -2.46. The third-order valence-electron chi connectivity index (χ3n) is 5.33. The van der Waals surface area contributed by atoms with Crippen LogP contribution >= 0.6 is 12.4 Å². The highest BCUT2D eigenvalue weighted by atomic mass is 35.5. The summed E-state index contributed by atoms with van der Waals surface area (Å²) < 4.78 is 27.7. The number of aromatic nitrogens is 1. The van der Waals surface area contributed by atoms with Gasteiger partial charge >= 0.3 is 0 Å². The molecule has 1 fully saturated rings. The van der Waals surface area contributed by atoms with Gasteiger partial charge in [0.1, 0.15) is 4.90 Å². The maximum Gasteiger partial charge on any atom is 0.263 e. The van der Waals surface area contributed by atoms with Crippen molar-refractivity contribution in [3.63, 3.8) is 0 Å². The maximum atomic E-state index is 12.5. The SMILES string of the molecule is Cl.O=S(=O)(Nc1cccc(CCN2CCN(c3ccccc3)CC2)c1)c1cccnc1. The molecule has 164 valence electrons. The van der Waals surface area contributed by atoms with E-state index in [4.69, 9.17) is 0 Å². The maximum absolute atomic E-state index is 12.5. The molecular formula is C23H27ClN4O2S. The van der Waals surface area contributed by atoms with Crippen molar-refractivity contribution in [1.82, 2.24) is 9.88 Å². The summed E-state index contributed by atoms with van der Waals surface area (Å²) in [6.07, 6.45) is 3.79. The van der Waals surface area contributed by atoms with Crippen LogP contribution in [0.25, 0.3) is 0 Å². The van der Waals surface area contributed by atoms with Gasteiger partial charge in [-0.1, -0.05) is 30.3 Å². The summed E-state index contributed by atoms with van der Waals surface area (Å²) >= 11 is 0. The van der Waals surface area contributed by atoms with Gasteiger partial charge in [-0.2, -0.15) is 0 Å². The largest absolute Gasteiger partial charge is 0.369 e. The zero-order chi connectivity index (χ0) is 20.8. The molecular weight excluding hydrogens is 432 g/mol. The van der Waals surface area contributed by atoms with Crippen molar-refractivity contribution in [2.75, 3.05) is 42.3 Å². The van der Waals surface area contributed by atoms with E-state index in [1.165, 1.54) is 18.0 Å². The second-order valence-electron chi connectivity index (χ2n) is 7.41. The summed E-state index contributed by atoms with van der Waals surface area (Å²) in [6, 6.07) is 21.3. The van der Waals surface area contributed by atoms with Gasteiger partial charge in [0.15, 0.2) is 0 Å². The number of hydrogen-bond donors (Lipinski definition) is 1. The van der Waals surface area contributed by atoms with Crippen LogP contribution in [0.4, 0.5) is 11.4 Å². The van der Waals surface area contributed by atoms with Gasteiger partial charge in [-0.3, -0.25) is 14.6 Å². The van der Waals surface area contributed by atoms with Crippen molar-refractivity contribution >= 4 is 33.8 Å². The molecule has 0 atom stereocenters. The number of nitrogens with zero attached hydrogens (tertiary/aromatic N) is 3. The number of para-hydroxylation sites is 1. The molecule has 0 bridgehead atoms. The molecule has 1 saturated heterocycles. The third kappa shape index (κ3) is 6.19.